The van der Waals surface area contributed by atoms with Crippen LogP contribution in [0, 0.1) is 0 Å². The van der Waals surface area contributed by atoms with E-state index in [0.29, 0.717) is 0 Å². The van der Waals surface area contributed by atoms with Gasteiger partial charge in [-0.25, -0.2) is 0 Å². The summed E-state index contributed by atoms with van der Waals surface area (Å²) < 4.78 is 13.3. The predicted molar refractivity (Wildman–Crippen MR) is 153 cm³/mol. The Balaban J connectivity index is 1.39. The maximum absolute atomic E-state index is 10.8. The number of fused-ring (bicyclic) bond motifs is 4. The number of methoxy groups -OCH3 is 2. The Hall–Kier alpha value is -3.39. The van der Waals surface area contributed by atoms with E-state index in [4.69, 9.17) is 9.47 Å². The number of pyridine rings is 1. The minimum Gasteiger partial charge on any atom is -0.497 e. The van der Waals surface area contributed by atoms with Crippen molar-refractivity contribution in [2.24, 2.45) is 7.05 Å². The summed E-state index contributed by atoms with van der Waals surface area (Å²) in [6.07, 6.45) is 4.01. The van der Waals surface area contributed by atoms with Crippen LogP contribution in [0.25, 0.3) is 10.9 Å². The molecule has 39 heavy (non-hydrogen) atoms. The quantitative estimate of drug-likeness (QED) is 0.378. The summed E-state index contributed by atoms with van der Waals surface area (Å²) in [5.74, 6) is 1.72. The average molecular weight is 527 g/mol. The van der Waals surface area contributed by atoms with Gasteiger partial charge in [0.15, 0.2) is 0 Å². The van der Waals surface area contributed by atoms with Crippen molar-refractivity contribution in [2.45, 2.75) is 37.4 Å². The molecule has 204 valence electrons. The summed E-state index contributed by atoms with van der Waals surface area (Å²) in [6, 6.07) is 20.8. The molecule has 1 N–H and O–H groups in total. The van der Waals surface area contributed by atoms with Gasteiger partial charge in [0.1, 0.15) is 11.5 Å². The van der Waals surface area contributed by atoms with Crippen molar-refractivity contribution >= 4 is 10.9 Å². The summed E-state index contributed by atoms with van der Waals surface area (Å²) in [5, 5.41) is 12.1. The lowest BCUT2D eigenvalue weighted by atomic mass is 9.68. The molecule has 0 amide bonds. The molecular weight excluding hydrogens is 488 g/mol. The molecule has 0 aliphatic carbocycles. The number of piperidine rings is 1. The molecule has 0 bridgehead atoms. The van der Waals surface area contributed by atoms with Crippen molar-refractivity contribution in [2.75, 3.05) is 40.5 Å². The zero-order valence-corrected chi connectivity index (χ0v) is 23.1. The number of hydrogen-bond acceptors (Lipinski definition) is 6. The molecular formula is C32H38N4O3. The molecule has 0 unspecified atom stereocenters. The third-order valence-electron chi connectivity index (χ3n) is 8.89. The minimum atomic E-state index is -0.0809. The van der Waals surface area contributed by atoms with E-state index in [1.54, 1.807) is 14.2 Å². The Morgan fingerprint density at radius 3 is 2.36 bits per heavy atom. The molecule has 2 aromatic heterocycles. The predicted octanol–water partition coefficient (Wildman–Crippen LogP) is 4.67. The van der Waals surface area contributed by atoms with E-state index in [9.17, 15) is 5.11 Å². The van der Waals surface area contributed by atoms with Gasteiger partial charge in [-0.1, -0.05) is 18.2 Å². The monoisotopic (exact) mass is 526 g/mol. The van der Waals surface area contributed by atoms with Crippen molar-refractivity contribution in [3.63, 3.8) is 0 Å². The van der Waals surface area contributed by atoms with Crippen molar-refractivity contribution in [1.29, 1.82) is 0 Å². The van der Waals surface area contributed by atoms with Crippen LogP contribution in [-0.4, -0.2) is 64.9 Å². The molecule has 1 spiro atoms. The molecule has 4 aromatic rings. The van der Waals surface area contributed by atoms with Crippen LogP contribution in [0.5, 0.6) is 11.5 Å². The number of rotatable bonds is 7. The summed E-state index contributed by atoms with van der Waals surface area (Å²) in [6.45, 7) is 4.68. The van der Waals surface area contributed by atoms with Crippen LogP contribution in [-0.2, 0) is 25.6 Å². The Morgan fingerprint density at radius 1 is 0.949 bits per heavy atom. The van der Waals surface area contributed by atoms with E-state index in [2.05, 4.69) is 68.9 Å². The molecule has 1 atom stereocenters. The van der Waals surface area contributed by atoms with Crippen LogP contribution in [0.3, 0.4) is 0 Å². The maximum Gasteiger partial charge on any atom is 0.120 e. The summed E-state index contributed by atoms with van der Waals surface area (Å²) in [7, 11) is 5.56. The van der Waals surface area contributed by atoms with Gasteiger partial charge in [0.2, 0.25) is 0 Å². The second-order valence-electron chi connectivity index (χ2n) is 11.0. The second-order valence-corrected chi connectivity index (χ2v) is 11.0. The van der Waals surface area contributed by atoms with Gasteiger partial charge < -0.3 is 19.1 Å². The van der Waals surface area contributed by atoms with Crippen molar-refractivity contribution in [1.82, 2.24) is 19.4 Å². The van der Waals surface area contributed by atoms with Gasteiger partial charge >= 0.3 is 0 Å². The third kappa shape index (κ3) is 4.69. The van der Waals surface area contributed by atoms with Crippen LogP contribution >= 0.6 is 0 Å². The normalized spacial score (nSPS) is 19.3. The number of benzene rings is 2. The van der Waals surface area contributed by atoms with Gasteiger partial charge in [0.25, 0.3) is 0 Å². The lowest BCUT2D eigenvalue weighted by molar-refractivity contribution is 0.0401. The van der Waals surface area contributed by atoms with Crippen molar-refractivity contribution in [3.05, 3.63) is 89.4 Å². The SMILES string of the molecule is COc1ccc(CN2CC3(CCN(Cc4ccccn4)CC3)c3c(n(C)c4cc(OC)ccc34)[C@H]2CO)cc1. The number of aliphatic hydroxyl groups excluding tert-OH is 1. The highest BCUT2D eigenvalue weighted by Crippen LogP contribution is 2.50. The van der Waals surface area contributed by atoms with Crippen LogP contribution < -0.4 is 9.47 Å². The third-order valence-corrected chi connectivity index (χ3v) is 8.89. The van der Waals surface area contributed by atoms with E-state index in [1.165, 1.54) is 27.7 Å². The van der Waals surface area contributed by atoms with Crippen molar-refractivity contribution < 1.29 is 14.6 Å². The lowest BCUT2D eigenvalue weighted by Gasteiger charge is -2.50. The summed E-state index contributed by atoms with van der Waals surface area (Å²) in [5.41, 5.74) is 6.17. The van der Waals surface area contributed by atoms with E-state index in [1.807, 2.05) is 24.4 Å². The maximum atomic E-state index is 10.8. The van der Waals surface area contributed by atoms with E-state index in [0.717, 1.165) is 62.8 Å². The van der Waals surface area contributed by atoms with E-state index < -0.39 is 0 Å². The number of aliphatic hydroxyl groups is 1. The fraction of sp³-hybridized carbons (Fsp3) is 0.406. The summed E-state index contributed by atoms with van der Waals surface area (Å²) >= 11 is 0. The average Bonchev–Trinajstić information content (AvgIpc) is 3.28. The zero-order chi connectivity index (χ0) is 27.0. The fourth-order valence-corrected chi connectivity index (χ4v) is 6.86. The van der Waals surface area contributed by atoms with Gasteiger partial charge in [0.05, 0.1) is 38.1 Å². The Bertz CT molecular complexity index is 1430. The standard InChI is InChI=1S/C32H38N4O3/c1-34-28-18-26(39-3)11-12-27(28)30-31(34)29(21-37)36(19-23-7-9-25(38-2)10-8-23)22-32(30)13-16-35(17-14-32)20-24-6-4-5-15-33-24/h4-12,15,18,29,37H,13-14,16-17,19-22H2,1-3H3/t29-/m1/s1. The molecule has 6 rings (SSSR count). The number of nitrogens with zero attached hydrogens (tertiary/aromatic N) is 4. The Morgan fingerprint density at radius 2 is 1.69 bits per heavy atom. The Labute approximate surface area is 230 Å². The molecule has 1 fully saturated rings. The number of hydrogen-bond donors (Lipinski definition) is 1. The van der Waals surface area contributed by atoms with Gasteiger partial charge in [-0.3, -0.25) is 14.8 Å². The largest absolute Gasteiger partial charge is 0.497 e. The molecule has 0 saturated carbocycles. The topological polar surface area (TPSA) is 63.0 Å². The molecule has 2 aliphatic rings. The van der Waals surface area contributed by atoms with E-state index >= 15 is 0 Å². The molecule has 1 saturated heterocycles. The zero-order valence-electron chi connectivity index (χ0n) is 23.1. The number of aromatic nitrogens is 2. The molecule has 4 heterocycles. The van der Waals surface area contributed by atoms with Gasteiger partial charge in [0, 0.05) is 55.4 Å². The first-order valence-corrected chi connectivity index (χ1v) is 13.8. The first kappa shape index (κ1) is 25.9. The van der Waals surface area contributed by atoms with Crippen LogP contribution in [0.4, 0.5) is 0 Å². The van der Waals surface area contributed by atoms with E-state index in [-0.39, 0.29) is 18.1 Å². The lowest BCUT2D eigenvalue weighted by Crippen LogP contribution is -2.53. The molecule has 0 radical (unpaired) electrons. The highest BCUT2D eigenvalue weighted by atomic mass is 16.5. The first-order chi connectivity index (χ1) is 19.0. The minimum absolute atomic E-state index is 0.00217. The summed E-state index contributed by atoms with van der Waals surface area (Å²) in [4.78, 5) is 9.59. The second kappa shape index (κ2) is 10.6. The molecule has 7 heteroatoms. The Kier molecular flexibility index (Phi) is 7.06. The van der Waals surface area contributed by atoms with Gasteiger partial charge in [-0.05, 0) is 73.5 Å². The molecule has 2 aliphatic heterocycles. The van der Waals surface area contributed by atoms with Crippen molar-refractivity contribution in [3.8, 4) is 11.5 Å². The molecule has 7 nitrogen and oxygen atoms in total. The highest BCUT2D eigenvalue weighted by Gasteiger charge is 2.48. The number of likely N-dealkylation sites (tertiary alicyclic amines) is 1. The van der Waals surface area contributed by atoms with Crippen LogP contribution in [0.2, 0.25) is 0 Å². The molecule has 2 aromatic carbocycles. The fourth-order valence-electron chi connectivity index (χ4n) is 6.86. The highest BCUT2D eigenvalue weighted by molar-refractivity contribution is 5.88. The van der Waals surface area contributed by atoms with Gasteiger partial charge in [-0.2, -0.15) is 0 Å². The van der Waals surface area contributed by atoms with Crippen LogP contribution in [0.1, 0.15) is 41.4 Å². The van der Waals surface area contributed by atoms with Crippen LogP contribution in [0.15, 0.2) is 66.9 Å². The number of ether oxygens (including phenoxy) is 2. The van der Waals surface area contributed by atoms with Gasteiger partial charge in [-0.15, -0.1) is 0 Å². The number of aryl methyl sites for hydroxylation is 1. The smallest absolute Gasteiger partial charge is 0.120 e. The first-order valence-electron chi connectivity index (χ1n) is 13.8.